The monoisotopic (exact) mass is 372 g/mol. The van der Waals surface area contributed by atoms with Crippen LogP contribution in [0.5, 0.6) is 0 Å². The predicted molar refractivity (Wildman–Crippen MR) is 103 cm³/mol. The van der Waals surface area contributed by atoms with Gasteiger partial charge in [-0.05, 0) is 58.4 Å². The number of aromatic nitrogens is 2. The lowest BCUT2D eigenvalue weighted by Crippen LogP contribution is -2.41. The summed E-state index contributed by atoms with van der Waals surface area (Å²) in [5, 5.41) is 4.10. The zero-order valence-corrected chi connectivity index (χ0v) is 16.5. The highest BCUT2D eigenvalue weighted by atomic mass is 32.1. The van der Waals surface area contributed by atoms with E-state index in [0.29, 0.717) is 12.1 Å². The van der Waals surface area contributed by atoms with Gasteiger partial charge in [-0.3, -0.25) is 4.68 Å². The first kappa shape index (κ1) is 18.9. The molecule has 1 aliphatic heterocycles. The predicted octanol–water partition coefficient (Wildman–Crippen LogP) is 4.33. The number of hydrogen-bond donors (Lipinski definition) is 0. The molecule has 0 aromatic carbocycles. The molecular formula is C19H22BFN2O2S. The van der Waals surface area contributed by atoms with Crippen molar-refractivity contribution in [1.29, 1.82) is 0 Å². The Morgan fingerprint density at radius 2 is 1.96 bits per heavy atom. The molecule has 0 N–H and O–H groups in total. The first-order valence-corrected chi connectivity index (χ1v) is 9.30. The SMILES string of the molecule is CC(=C(F)B1OC(C)(C)C(C)(C)O1)c1ccc(C#CCn2cccn2)s1. The van der Waals surface area contributed by atoms with Crippen LogP contribution in [0, 0.1) is 11.8 Å². The summed E-state index contributed by atoms with van der Waals surface area (Å²) in [5.41, 5.74) is -0.989. The molecule has 0 saturated carbocycles. The largest absolute Gasteiger partial charge is 0.525 e. The molecule has 1 aliphatic rings. The Morgan fingerprint density at radius 1 is 1.27 bits per heavy atom. The second kappa shape index (κ2) is 7.03. The Bertz CT molecular complexity index is 859. The van der Waals surface area contributed by atoms with E-state index in [2.05, 4.69) is 16.9 Å². The van der Waals surface area contributed by atoms with Gasteiger partial charge in [-0.2, -0.15) is 5.10 Å². The van der Waals surface area contributed by atoms with Crippen molar-refractivity contribution in [3.8, 4) is 11.8 Å². The minimum Gasteiger partial charge on any atom is -0.398 e. The molecule has 0 radical (unpaired) electrons. The lowest BCUT2D eigenvalue weighted by atomic mass is 9.84. The van der Waals surface area contributed by atoms with Crippen LogP contribution in [0.3, 0.4) is 0 Å². The summed E-state index contributed by atoms with van der Waals surface area (Å²) in [5.74, 6) is 6.16. The van der Waals surface area contributed by atoms with Gasteiger partial charge in [0.15, 0.2) is 0 Å². The average Bonchev–Trinajstić information content (AvgIpc) is 3.27. The summed E-state index contributed by atoms with van der Waals surface area (Å²) in [6.07, 6.45) is 3.58. The number of rotatable bonds is 3. The molecule has 0 spiro atoms. The molecule has 0 unspecified atom stereocenters. The molecule has 2 aromatic heterocycles. The summed E-state index contributed by atoms with van der Waals surface area (Å²) in [6, 6.07) is 5.64. The summed E-state index contributed by atoms with van der Waals surface area (Å²) in [4.78, 5) is 1.70. The van der Waals surface area contributed by atoms with Gasteiger partial charge >= 0.3 is 7.12 Å². The van der Waals surface area contributed by atoms with E-state index in [1.54, 1.807) is 17.8 Å². The van der Waals surface area contributed by atoms with Crippen LogP contribution in [0.4, 0.5) is 4.39 Å². The fraction of sp³-hybridized carbons (Fsp3) is 0.421. The molecule has 0 bridgehead atoms. The maximum Gasteiger partial charge on any atom is 0.525 e. The van der Waals surface area contributed by atoms with Gasteiger partial charge in [0.1, 0.15) is 12.3 Å². The van der Waals surface area contributed by atoms with Crippen molar-refractivity contribution in [2.75, 3.05) is 0 Å². The van der Waals surface area contributed by atoms with Crippen LogP contribution in [0.2, 0.25) is 0 Å². The van der Waals surface area contributed by atoms with E-state index < -0.39 is 18.3 Å². The van der Waals surface area contributed by atoms with Crippen LogP contribution in [-0.4, -0.2) is 28.1 Å². The van der Waals surface area contributed by atoms with E-state index in [1.807, 2.05) is 52.1 Å². The van der Waals surface area contributed by atoms with Gasteiger partial charge in [0.25, 0.3) is 0 Å². The first-order chi connectivity index (χ1) is 12.2. The second-order valence-electron chi connectivity index (χ2n) is 7.23. The van der Waals surface area contributed by atoms with Crippen LogP contribution in [0.25, 0.3) is 5.57 Å². The van der Waals surface area contributed by atoms with Crippen LogP contribution >= 0.6 is 11.3 Å². The fourth-order valence-corrected chi connectivity index (χ4v) is 3.33. The van der Waals surface area contributed by atoms with Crippen molar-refractivity contribution in [1.82, 2.24) is 9.78 Å². The summed E-state index contributed by atoms with van der Waals surface area (Å²) in [6.45, 7) is 9.91. The topological polar surface area (TPSA) is 36.3 Å². The Morgan fingerprint density at radius 3 is 2.58 bits per heavy atom. The first-order valence-electron chi connectivity index (χ1n) is 8.48. The number of nitrogens with zero attached hydrogens (tertiary/aromatic N) is 2. The summed E-state index contributed by atoms with van der Waals surface area (Å²) < 4.78 is 28.3. The van der Waals surface area contributed by atoms with Gasteiger partial charge in [0.05, 0.1) is 16.1 Å². The van der Waals surface area contributed by atoms with Crippen LogP contribution in [-0.2, 0) is 15.9 Å². The van der Waals surface area contributed by atoms with Gasteiger partial charge in [-0.25, -0.2) is 4.39 Å². The van der Waals surface area contributed by atoms with E-state index in [-0.39, 0.29) is 5.73 Å². The van der Waals surface area contributed by atoms with E-state index in [4.69, 9.17) is 9.31 Å². The van der Waals surface area contributed by atoms with Crippen molar-refractivity contribution >= 4 is 24.0 Å². The molecule has 3 rings (SSSR count). The molecule has 1 fully saturated rings. The molecule has 0 aliphatic carbocycles. The molecule has 1 saturated heterocycles. The molecule has 3 heterocycles. The van der Waals surface area contributed by atoms with Crippen molar-refractivity contribution in [3.05, 3.63) is 46.1 Å². The highest BCUT2D eigenvalue weighted by molar-refractivity contribution is 7.13. The second-order valence-corrected chi connectivity index (χ2v) is 8.31. The Kier molecular flexibility index (Phi) is 5.11. The highest BCUT2D eigenvalue weighted by Gasteiger charge is 2.53. The maximum atomic E-state index is 14.9. The van der Waals surface area contributed by atoms with Crippen molar-refractivity contribution in [2.24, 2.45) is 0 Å². The lowest BCUT2D eigenvalue weighted by molar-refractivity contribution is 0.00578. The van der Waals surface area contributed by atoms with Crippen molar-refractivity contribution < 1.29 is 13.7 Å². The minimum absolute atomic E-state index is 0.387. The standard InChI is InChI=1S/C19H22BFN2O2S/c1-14(17(21)20-24-18(2,3)19(4,5)25-20)16-10-9-15(26-16)8-6-12-23-13-7-11-22-23/h7,9-11,13H,12H2,1-5H3. The Hall–Kier alpha value is -1.88. The van der Waals surface area contributed by atoms with E-state index in [1.165, 1.54) is 11.3 Å². The summed E-state index contributed by atoms with van der Waals surface area (Å²) >= 11 is 1.45. The van der Waals surface area contributed by atoms with Gasteiger partial charge in [-0.15, -0.1) is 11.3 Å². The van der Waals surface area contributed by atoms with Gasteiger partial charge in [-0.1, -0.05) is 11.8 Å². The third-order valence-electron chi connectivity index (χ3n) is 4.81. The average molecular weight is 372 g/mol. The van der Waals surface area contributed by atoms with Crippen molar-refractivity contribution in [2.45, 2.75) is 52.4 Å². The minimum atomic E-state index is -0.976. The number of halogens is 1. The third kappa shape index (κ3) is 3.78. The van der Waals surface area contributed by atoms with Crippen molar-refractivity contribution in [3.63, 3.8) is 0 Å². The molecule has 136 valence electrons. The van der Waals surface area contributed by atoms with Crippen LogP contribution in [0.15, 0.2) is 36.3 Å². The van der Waals surface area contributed by atoms with E-state index in [9.17, 15) is 4.39 Å². The zero-order chi connectivity index (χ0) is 18.9. The van der Waals surface area contributed by atoms with Crippen LogP contribution in [0.1, 0.15) is 44.4 Å². The highest BCUT2D eigenvalue weighted by Crippen LogP contribution is 2.40. The summed E-state index contributed by atoms with van der Waals surface area (Å²) in [7, 11) is -0.976. The lowest BCUT2D eigenvalue weighted by Gasteiger charge is -2.32. The number of allylic oxidation sites excluding steroid dienone is 1. The Labute approximate surface area is 158 Å². The normalized spacial score (nSPS) is 19.1. The Balaban J connectivity index is 1.74. The third-order valence-corrected chi connectivity index (χ3v) is 5.93. The quantitative estimate of drug-likeness (QED) is 0.595. The molecule has 26 heavy (non-hydrogen) atoms. The zero-order valence-electron chi connectivity index (χ0n) is 15.7. The van der Waals surface area contributed by atoms with Crippen LogP contribution < -0.4 is 0 Å². The van der Waals surface area contributed by atoms with Gasteiger partial charge in [0, 0.05) is 17.3 Å². The van der Waals surface area contributed by atoms with E-state index >= 15 is 0 Å². The molecule has 2 aromatic rings. The number of hydrogen-bond acceptors (Lipinski definition) is 4. The smallest absolute Gasteiger partial charge is 0.398 e. The van der Waals surface area contributed by atoms with Gasteiger partial charge < -0.3 is 9.31 Å². The molecular weight excluding hydrogens is 350 g/mol. The maximum absolute atomic E-state index is 14.9. The molecule has 0 atom stereocenters. The fourth-order valence-electron chi connectivity index (χ4n) is 2.45. The number of thiophene rings is 1. The molecule has 4 nitrogen and oxygen atoms in total. The van der Waals surface area contributed by atoms with E-state index in [0.717, 1.165) is 9.75 Å². The molecule has 7 heteroatoms. The molecule has 0 amide bonds. The van der Waals surface area contributed by atoms with Gasteiger partial charge in [0.2, 0.25) is 0 Å².